The highest BCUT2D eigenvalue weighted by Gasteiger charge is 2.32. The van der Waals surface area contributed by atoms with Gasteiger partial charge in [0.1, 0.15) is 12.6 Å². The Labute approximate surface area is 212 Å². The van der Waals surface area contributed by atoms with Crippen molar-refractivity contribution in [3.05, 3.63) is 63.6 Å². The van der Waals surface area contributed by atoms with E-state index in [2.05, 4.69) is 5.32 Å². The number of nitrogens with one attached hydrogen (secondary N) is 1. The number of carbonyl (C=O) groups is 2. The molecular formula is C24H31Cl2N3O4S. The Kier molecular flexibility index (Phi) is 9.79. The van der Waals surface area contributed by atoms with Crippen molar-refractivity contribution in [3.63, 3.8) is 0 Å². The summed E-state index contributed by atoms with van der Waals surface area (Å²) in [6.07, 6.45) is 1.37. The molecule has 0 radical (unpaired) electrons. The Hall–Kier alpha value is -2.29. The lowest BCUT2D eigenvalue weighted by atomic mass is 10.1. The van der Waals surface area contributed by atoms with E-state index in [0.717, 1.165) is 21.7 Å². The first-order valence-corrected chi connectivity index (χ1v) is 13.5. The Morgan fingerprint density at radius 1 is 1.06 bits per heavy atom. The molecule has 0 aliphatic carbocycles. The van der Waals surface area contributed by atoms with Crippen LogP contribution < -0.4 is 9.62 Å². The molecule has 0 saturated heterocycles. The van der Waals surface area contributed by atoms with E-state index < -0.39 is 28.5 Å². The third-order valence-electron chi connectivity index (χ3n) is 5.12. The van der Waals surface area contributed by atoms with Crippen molar-refractivity contribution in [1.82, 2.24) is 10.2 Å². The number of carbonyl (C=O) groups excluding carboxylic acids is 2. The van der Waals surface area contributed by atoms with Gasteiger partial charge in [0.05, 0.1) is 22.0 Å². The molecule has 0 spiro atoms. The van der Waals surface area contributed by atoms with Crippen LogP contribution in [0.2, 0.25) is 10.0 Å². The first-order valence-electron chi connectivity index (χ1n) is 10.9. The van der Waals surface area contributed by atoms with Gasteiger partial charge in [-0.1, -0.05) is 60.0 Å². The minimum Gasteiger partial charge on any atom is -0.352 e. The van der Waals surface area contributed by atoms with Crippen LogP contribution in [0.15, 0.2) is 42.5 Å². The van der Waals surface area contributed by atoms with Gasteiger partial charge in [-0.05, 0) is 51.0 Å². The molecule has 0 aliphatic rings. The number of halogens is 2. The average Bonchev–Trinajstić information content (AvgIpc) is 2.72. The lowest BCUT2D eigenvalue weighted by molar-refractivity contribution is -0.140. The monoisotopic (exact) mass is 527 g/mol. The second-order valence-electron chi connectivity index (χ2n) is 8.47. The van der Waals surface area contributed by atoms with Crippen molar-refractivity contribution < 1.29 is 18.0 Å². The summed E-state index contributed by atoms with van der Waals surface area (Å²) in [7, 11) is -3.84. The molecule has 2 amide bonds. The van der Waals surface area contributed by atoms with Gasteiger partial charge in [0.15, 0.2) is 0 Å². The minimum atomic E-state index is -3.84. The second kappa shape index (κ2) is 11.9. The maximum atomic E-state index is 13.6. The maximum Gasteiger partial charge on any atom is 0.244 e. The summed E-state index contributed by atoms with van der Waals surface area (Å²) in [6, 6.07) is 11.1. The van der Waals surface area contributed by atoms with Crippen molar-refractivity contribution in [2.45, 2.75) is 52.7 Å². The standard InChI is InChI=1S/C24H31Cl2N3O4S/c1-6-22(24(31)27-16(2)3)28(14-18-9-7-8-17(4)12-18)23(30)15-29(34(5,32)33)19-10-11-20(25)21(26)13-19/h7-13,16,22H,6,14-15H2,1-5H3,(H,27,31)/t22-/m1/s1. The van der Waals surface area contributed by atoms with Gasteiger partial charge in [-0.25, -0.2) is 8.42 Å². The molecule has 0 fully saturated rings. The predicted molar refractivity (Wildman–Crippen MR) is 138 cm³/mol. The molecule has 186 valence electrons. The van der Waals surface area contributed by atoms with E-state index in [1.807, 2.05) is 52.0 Å². The van der Waals surface area contributed by atoms with Crippen molar-refractivity contribution >= 4 is 50.7 Å². The number of hydrogen-bond donors (Lipinski definition) is 1. The molecule has 7 nitrogen and oxygen atoms in total. The highest BCUT2D eigenvalue weighted by atomic mass is 35.5. The van der Waals surface area contributed by atoms with E-state index in [0.29, 0.717) is 6.42 Å². The smallest absolute Gasteiger partial charge is 0.244 e. The van der Waals surface area contributed by atoms with E-state index >= 15 is 0 Å². The summed E-state index contributed by atoms with van der Waals surface area (Å²) in [4.78, 5) is 28.0. The van der Waals surface area contributed by atoms with E-state index in [1.165, 1.54) is 23.1 Å². The Bertz CT molecular complexity index is 1140. The predicted octanol–water partition coefficient (Wildman–Crippen LogP) is 4.40. The van der Waals surface area contributed by atoms with Gasteiger partial charge in [0.25, 0.3) is 0 Å². The number of anilines is 1. The molecule has 0 saturated carbocycles. The van der Waals surface area contributed by atoms with Crippen molar-refractivity contribution in [2.24, 2.45) is 0 Å². The molecule has 34 heavy (non-hydrogen) atoms. The fourth-order valence-corrected chi connectivity index (χ4v) is 4.70. The van der Waals surface area contributed by atoms with Crippen LogP contribution in [-0.2, 0) is 26.2 Å². The van der Waals surface area contributed by atoms with Gasteiger partial charge in [0, 0.05) is 12.6 Å². The molecular weight excluding hydrogens is 497 g/mol. The van der Waals surface area contributed by atoms with Crippen molar-refractivity contribution in [1.29, 1.82) is 0 Å². The lowest BCUT2D eigenvalue weighted by Gasteiger charge is -2.33. The molecule has 0 heterocycles. The second-order valence-corrected chi connectivity index (χ2v) is 11.2. The van der Waals surface area contributed by atoms with Crippen molar-refractivity contribution in [3.8, 4) is 0 Å². The molecule has 10 heteroatoms. The zero-order valence-electron chi connectivity index (χ0n) is 20.0. The molecule has 2 rings (SSSR count). The van der Waals surface area contributed by atoms with Crippen LogP contribution >= 0.6 is 23.2 Å². The van der Waals surface area contributed by atoms with Crippen LogP contribution in [0.1, 0.15) is 38.3 Å². The number of rotatable bonds is 10. The quantitative estimate of drug-likeness (QED) is 0.495. The summed E-state index contributed by atoms with van der Waals surface area (Å²) < 4.78 is 26.2. The summed E-state index contributed by atoms with van der Waals surface area (Å²) in [5.74, 6) is -0.803. The fourth-order valence-electron chi connectivity index (χ4n) is 3.56. The highest BCUT2D eigenvalue weighted by molar-refractivity contribution is 7.92. The fraction of sp³-hybridized carbons (Fsp3) is 0.417. The van der Waals surface area contributed by atoms with Gasteiger partial charge in [-0.2, -0.15) is 0 Å². The molecule has 0 bridgehead atoms. The molecule has 0 unspecified atom stereocenters. The van der Waals surface area contributed by atoms with E-state index in [1.54, 1.807) is 0 Å². The van der Waals surface area contributed by atoms with E-state index in [4.69, 9.17) is 23.2 Å². The number of amides is 2. The summed E-state index contributed by atoms with van der Waals surface area (Å²) in [5, 5.41) is 3.29. The van der Waals surface area contributed by atoms with E-state index in [-0.39, 0.29) is 34.2 Å². The van der Waals surface area contributed by atoms with Gasteiger partial charge < -0.3 is 10.2 Å². The maximum absolute atomic E-state index is 13.6. The van der Waals surface area contributed by atoms with Crippen LogP contribution in [0.3, 0.4) is 0 Å². The van der Waals surface area contributed by atoms with Crippen LogP contribution in [0, 0.1) is 6.92 Å². The molecule has 2 aromatic carbocycles. The van der Waals surface area contributed by atoms with Crippen LogP contribution in [0.5, 0.6) is 0 Å². The van der Waals surface area contributed by atoms with Crippen LogP contribution in [0.4, 0.5) is 5.69 Å². The summed E-state index contributed by atoms with van der Waals surface area (Å²) >= 11 is 12.1. The largest absolute Gasteiger partial charge is 0.352 e. The zero-order valence-corrected chi connectivity index (χ0v) is 22.3. The molecule has 0 aromatic heterocycles. The first kappa shape index (κ1) is 28.0. The molecule has 0 aliphatic heterocycles. The van der Waals surface area contributed by atoms with Crippen LogP contribution in [-0.4, -0.2) is 50.0 Å². The third-order valence-corrected chi connectivity index (χ3v) is 7.00. The average molecular weight is 529 g/mol. The summed E-state index contributed by atoms with van der Waals surface area (Å²) in [6.45, 7) is 7.10. The number of benzene rings is 2. The number of sulfonamides is 1. The molecule has 1 N–H and O–H groups in total. The number of hydrogen-bond acceptors (Lipinski definition) is 4. The van der Waals surface area contributed by atoms with Crippen molar-refractivity contribution in [2.75, 3.05) is 17.1 Å². The minimum absolute atomic E-state index is 0.110. The molecule has 1 atom stereocenters. The normalized spacial score (nSPS) is 12.4. The lowest BCUT2D eigenvalue weighted by Crippen LogP contribution is -2.53. The SMILES string of the molecule is CC[C@H](C(=O)NC(C)C)N(Cc1cccc(C)c1)C(=O)CN(c1ccc(Cl)c(Cl)c1)S(C)(=O)=O. The van der Waals surface area contributed by atoms with E-state index in [9.17, 15) is 18.0 Å². The topological polar surface area (TPSA) is 86.8 Å². The Morgan fingerprint density at radius 3 is 2.26 bits per heavy atom. The molecule has 2 aromatic rings. The van der Waals surface area contributed by atoms with Gasteiger partial charge in [-0.15, -0.1) is 0 Å². The Morgan fingerprint density at radius 2 is 1.74 bits per heavy atom. The van der Waals surface area contributed by atoms with Gasteiger partial charge in [-0.3, -0.25) is 13.9 Å². The number of nitrogens with zero attached hydrogens (tertiary/aromatic N) is 2. The first-order chi connectivity index (χ1) is 15.8. The highest BCUT2D eigenvalue weighted by Crippen LogP contribution is 2.28. The Balaban J connectivity index is 2.46. The zero-order chi connectivity index (χ0) is 25.6. The summed E-state index contributed by atoms with van der Waals surface area (Å²) in [5.41, 5.74) is 2.06. The van der Waals surface area contributed by atoms with Crippen LogP contribution in [0.25, 0.3) is 0 Å². The number of aryl methyl sites for hydroxylation is 1. The van der Waals surface area contributed by atoms with Gasteiger partial charge in [0.2, 0.25) is 21.8 Å². The van der Waals surface area contributed by atoms with Gasteiger partial charge >= 0.3 is 0 Å². The third kappa shape index (κ3) is 7.61.